The Morgan fingerprint density at radius 1 is 0.852 bits per heavy atom. The van der Waals surface area contributed by atoms with Crippen LogP contribution in [0.2, 0.25) is 0 Å². The largest absolute Gasteiger partial charge is 0.491 e. The Bertz CT molecular complexity index is 669. The molecule has 1 heterocycles. The highest BCUT2D eigenvalue weighted by molar-refractivity contribution is 5.36. The summed E-state index contributed by atoms with van der Waals surface area (Å²) in [6.07, 6.45) is 0.588. The molecule has 0 amide bonds. The summed E-state index contributed by atoms with van der Waals surface area (Å²) in [5.74, 6) is 2.35. The normalized spacial score (nSPS) is 20.4. The molecule has 0 saturated carbocycles. The van der Waals surface area contributed by atoms with E-state index in [2.05, 4.69) is 18.7 Å². The first-order chi connectivity index (χ1) is 13.2. The van der Waals surface area contributed by atoms with Crippen LogP contribution < -0.4 is 9.47 Å². The van der Waals surface area contributed by atoms with Crippen LogP contribution in [0.15, 0.2) is 54.6 Å². The van der Waals surface area contributed by atoms with E-state index in [1.54, 1.807) is 0 Å². The van der Waals surface area contributed by atoms with Gasteiger partial charge in [0, 0.05) is 25.7 Å². The first-order valence-corrected chi connectivity index (χ1v) is 9.60. The molecule has 5 nitrogen and oxygen atoms in total. The summed E-state index contributed by atoms with van der Waals surface area (Å²) in [5.41, 5.74) is 0. The fourth-order valence-corrected chi connectivity index (χ4v) is 3.23. The van der Waals surface area contributed by atoms with Crippen LogP contribution in [0.5, 0.6) is 17.2 Å². The third-order valence-electron chi connectivity index (χ3n) is 4.33. The number of para-hydroxylation sites is 1. The van der Waals surface area contributed by atoms with E-state index < -0.39 is 0 Å². The molecule has 0 unspecified atom stereocenters. The van der Waals surface area contributed by atoms with Crippen LogP contribution >= 0.6 is 0 Å². The quantitative estimate of drug-likeness (QED) is 0.624. The summed E-state index contributed by atoms with van der Waals surface area (Å²) in [7, 11) is 0. The molecule has 3 rings (SSSR count). The second kappa shape index (κ2) is 10.3. The average molecular weight is 371 g/mol. The predicted octanol–water partition coefficient (Wildman–Crippen LogP) is 3.98. The molecule has 1 aliphatic rings. The van der Waals surface area contributed by atoms with Gasteiger partial charge in [0.1, 0.15) is 23.9 Å². The summed E-state index contributed by atoms with van der Waals surface area (Å²) >= 11 is 0. The van der Waals surface area contributed by atoms with Crippen molar-refractivity contribution in [3.63, 3.8) is 0 Å². The van der Waals surface area contributed by atoms with Gasteiger partial charge >= 0.3 is 0 Å². The van der Waals surface area contributed by atoms with Gasteiger partial charge in [-0.05, 0) is 38.1 Å². The molecule has 0 aromatic heterocycles. The fraction of sp³-hybridized carbons (Fsp3) is 0.455. The Balaban J connectivity index is 1.33. The van der Waals surface area contributed by atoms with Crippen LogP contribution in [-0.4, -0.2) is 56.6 Å². The van der Waals surface area contributed by atoms with E-state index in [0.29, 0.717) is 32.0 Å². The van der Waals surface area contributed by atoms with Crippen LogP contribution in [0.4, 0.5) is 0 Å². The summed E-state index contributed by atoms with van der Waals surface area (Å²) in [4.78, 5) is 2.39. The number of ether oxygens (including phenoxy) is 4. The Morgan fingerprint density at radius 2 is 1.56 bits per heavy atom. The van der Waals surface area contributed by atoms with E-state index in [1.807, 2.05) is 54.6 Å². The fourth-order valence-electron chi connectivity index (χ4n) is 3.23. The Hall–Kier alpha value is -2.08. The second-order valence-corrected chi connectivity index (χ2v) is 6.87. The van der Waals surface area contributed by atoms with Crippen molar-refractivity contribution >= 4 is 0 Å². The molecule has 2 atom stereocenters. The van der Waals surface area contributed by atoms with Crippen molar-refractivity contribution in [3.8, 4) is 17.2 Å². The highest BCUT2D eigenvalue weighted by Crippen LogP contribution is 2.24. The molecule has 0 aliphatic carbocycles. The number of hydrogen-bond donors (Lipinski definition) is 0. The minimum atomic E-state index is 0.294. The van der Waals surface area contributed by atoms with Crippen molar-refractivity contribution in [2.24, 2.45) is 0 Å². The SMILES string of the molecule is C[C@@H]1CN(CCOCCOc2cccc(Oc3ccccc3)c2)C[C@@H](C)O1. The third-order valence-corrected chi connectivity index (χ3v) is 4.33. The summed E-state index contributed by atoms with van der Waals surface area (Å²) in [6, 6.07) is 17.4. The maximum absolute atomic E-state index is 5.82. The van der Waals surface area contributed by atoms with Crippen molar-refractivity contribution in [1.82, 2.24) is 4.90 Å². The zero-order valence-electron chi connectivity index (χ0n) is 16.2. The molecule has 0 spiro atoms. The van der Waals surface area contributed by atoms with E-state index in [9.17, 15) is 0 Å². The predicted molar refractivity (Wildman–Crippen MR) is 106 cm³/mol. The van der Waals surface area contributed by atoms with Crippen molar-refractivity contribution < 1.29 is 18.9 Å². The molecule has 1 aliphatic heterocycles. The van der Waals surface area contributed by atoms with Crippen molar-refractivity contribution in [3.05, 3.63) is 54.6 Å². The van der Waals surface area contributed by atoms with E-state index in [-0.39, 0.29) is 0 Å². The lowest BCUT2D eigenvalue weighted by atomic mass is 10.2. The van der Waals surface area contributed by atoms with E-state index in [4.69, 9.17) is 18.9 Å². The van der Waals surface area contributed by atoms with Gasteiger partial charge in [0.15, 0.2) is 0 Å². The minimum absolute atomic E-state index is 0.294. The average Bonchev–Trinajstić information content (AvgIpc) is 2.65. The van der Waals surface area contributed by atoms with Gasteiger partial charge in [-0.3, -0.25) is 4.90 Å². The molecule has 5 heteroatoms. The third kappa shape index (κ3) is 6.86. The molecule has 1 fully saturated rings. The molecule has 0 N–H and O–H groups in total. The molecule has 1 saturated heterocycles. The van der Waals surface area contributed by atoms with Gasteiger partial charge in [-0.15, -0.1) is 0 Å². The zero-order chi connectivity index (χ0) is 18.9. The lowest BCUT2D eigenvalue weighted by Gasteiger charge is -2.35. The molecule has 0 bridgehead atoms. The van der Waals surface area contributed by atoms with Crippen molar-refractivity contribution in [2.75, 3.05) is 39.5 Å². The summed E-state index contributed by atoms with van der Waals surface area (Å²) < 4.78 is 23.1. The molecular weight excluding hydrogens is 342 g/mol. The lowest BCUT2D eigenvalue weighted by Crippen LogP contribution is -2.46. The van der Waals surface area contributed by atoms with Gasteiger partial charge in [0.2, 0.25) is 0 Å². The van der Waals surface area contributed by atoms with Gasteiger partial charge in [0.05, 0.1) is 25.4 Å². The first-order valence-electron chi connectivity index (χ1n) is 9.60. The smallest absolute Gasteiger partial charge is 0.131 e. The van der Waals surface area contributed by atoms with Gasteiger partial charge < -0.3 is 18.9 Å². The van der Waals surface area contributed by atoms with Crippen LogP contribution in [0.25, 0.3) is 0 Å². The molecule has 0 radical (unpaired) electrons. The number of morpholine rings is 1. The number of hydrogen-bond acceptors (Lipinski definition) is 5. The van der Waals surface area contributed by atoms with Crippen molar-refractivity contribution in [2.45, 2.75) is 26.1 Å². The minimum Gasteiger partial charge on any atom is -0.491 e. The van der Waals surface area contributed by atoms with Crippen LogP contribution in [0.3, 0.4) is 0 Å². The highest BCUT2D eigenvalue weighted by atomic mass is 16.5. The molecule has 2 aromatic rings. The van der Waals surface area contributed by atoms with E-state index >= 15 is 0 Å². The topological polar surface area (TPSA) is 40.2 Å². The lowest BCUT2D eigenvalue weighted by molar-refractivity contribution is -0.0734. The Kier molecular flexibility index (Phi) is 7.51. The van der Waals surface area contributed by atoms with E-state index in [0.717, 1.165) is 36.9 Å². The molecular formula is C22H29NO4. The number of nitrogens with zero attached hydrogens (tertiary/aromatic N) is 1. The molecule has 146 valence electrons. The second-order valence-electron chi connectivity index (χ2n) is 6.87. The Morgan fingerprint density at radius 3 is 2.33 bits per heavy atom. The van der Waals surface area contributed by atoms with Gasteiger partial charge in [-0.2, -0.15) is 0 Å². The number of benzene rings is 2. The first kappa shape index (κ1) is 19.7. The molecule has 27 heavy (non-hydrogen) atoms. The highest BCUT2D eigenvalue weighted by Gasteiger charge is 2.21. The molecule has 2 aromatic carbocycles. The van der Waals surface area contributed by atoms with Crippen molar-refractivity contribution in [1.29, 1.82) is 0 Å². The van der Waals surface area contributed by atoms with Gasteiger partial charge in [0.25, 0.3) is 0 Å². The maximum Gasteiger partial charge on any atom is 0.131 e. The van der Waals surface area contributed by atoms with Crippen LogP contribution in [0.1, 0.15) is 13.8 Å². The summed E-state index contributed by atoms with van der Waals surface area (Å²) in [6.45, 7) is 8.90. The monoisotopic (exact) mass is 371 g/mol. The number of rotatable bonds is 9. The van der Waals surface area contributed by atoms with Crippen LogP contribution in [0, 0.1) is 0 Å². The summed E-state index contributed by atoms with van der Waals surface area (Å²) in [5, 5.41) is 0. The zero-order valence-corrected chi connectivity index (χ0v) is 16.2. The standard InChI is InChI=1S/C22H29NO4/c1-18-16-23(17-19(2)26-18)11-12-24-13-14-25-21-9-6-10-22(15-21)27-20-7-4-3-5-8-20/h3-10,15,18-19H,11-14,16-17H2,1-2H3/t18-,19-/m1/s1. The van der Waals surface area contributed by atoms with Crippen LogP contribution in [-0.2, 0) is 9.47 Å². The Labute approximate surface area is 161 Å². The van der Waals surface area contributed by atoms with Gasteiger partial charge in [-0.1, -0.05) is 24.3 Å². The van der Waals surface area contributed by atoms with E-state index in [1.165, 1.54) is 0 Å². The van der Waals surface area contributed by atoms with Gasteiger partial charge in [-0.25, -0.2) is 0 Å². The maximum atomic E-state index is 5.82.